The van der Waals surface area contributed by atoms with Crippen LogP contribution in [0, 0.1) is 5.82 Å². The Morgan fingerprint density at radius 3 is 2.86 bits per heavy atom. The minimum absolute atomic E-state index is 0.0168. The molecule has 5 rings (SSSR count). The van der Waals surface area contributed by atoms with Crippen molar-refractivity contribution in [3.05, 3.63) is 33.9 Å². The second-order valence-electron chi connectivity index (χ2n) is 8.01. The Labute approximate surface area is 167 Å². The molecule has 1 saturated carbocycles. The Kier molecular flexibility index (Phi) is 4.27. The van der Waals surface area contributed by atoms with Crippen LogP contribution < -0.4 is 20.8 Å². The standard InChI is InChI=1S/C21H24FN3O4/c1-2-28-21(27)13-10-25(11-3-4-11)17-12(19(13)26)9-14(22)18-20(17)29-8-6-16-15(23)5-7-24(16)18/h9-11,15-16H,2-8,23H2,1H3/t15-,16?/m1/s1. The van der Waals surface area contributed by atoms with Crippen molar-refractivity contribution in [1.82, 2.24) is 4.57 Å². The molecule has 1 saturated heterocycles. The molecule has 154 valence electrons. The first kappa shape index (κ1) is 18.4. The van der Waals surface area contributed by atoms with Gasteiger partial charge in [-0.1, -0.05) is 0 Å². The van der Waals surface area contributed by atoms with E-state index in [-0.39, 0.29) is 35.7 Å². The van der Waals surface area contributed by atoms with E-state index in [0.29, 0.717) is 36.5 Å². The Balaban J connectivity index is 1.80. The second kappa shape index (κ2) is 6.73. The fraction of sp³-hybridized carbons (Fsp3) is 0.524. The lowest BCUT2D eigenvalue weighted by Gasteiger charge is -2.27. The third-order valence-electron chi connectivity index (χ3n) is 6.18. The SMILES string of the molecule is CCOC(=O)c1cn(C2CC2)c2c3c(c(F)cc2c1=O)N1CC[C@@H](N)C1CCO3. The summed E-state index contributed by atoms with van der Waals surface area (Å²) in [4.78, 5) is 27.4. The first-order valence-corrected chi connectivity index (χ1v) is 10.2. The molecular weight excluding hydrogens is 377 g/mol. The van der Waals surface area contributed by atoms with Crippen LogP contribution in [0.25, 0.3) is 10.9 Å². The molecule has 1 aliphatic carbocycles. The summed E-state index contributed by atoms with van der Waals surface area (Å²) in [7, 11) is 0. The highest BCUT2D eigenvalue weighted by Crippen LogP contribution is 2.46. The monoisotopic (exact) mass is 401 g/mol. The topological polar surface area (TPSA) is 86.8 Å². The van der Waals surface area contributed by atoms with Gasteiger partial charge in [0.1, 0.15) is 11.3 Å². The van der Waals surface area contributed by atoms with Crippen molar-refractivity contribution in [2.75, 3.05) is 24.7 Å². The molecule has 29 heavy (non-hydrogen) atoms. The van der Waals surface area contributed by atoms with Gasteiger partial charge >= 0.3 is 5.97 Å². The predicted octanol–water partition coefficient (Wildman–Crippen LogP) is 2.34. The van der Waals surface area contributed by atoms with Gasteiger partial charge < -0.3 is 24.7 Å². The number of anilines is 1. The Bertz CT molecular complexity index is 1060. The van der Waals surface area contributed by atoms with E-state index in [4.69, 9.17) is 15.2 Å². The van der Waals surface area contributed by atoms with E-state index in [1.807, 2.05) is 9.47 Å². The fourth-order valence-electron chi connectivity index (χ4n) is 4.65. The molecule has 1 unspecified atom stereocenters. The highest BCUT2D eigenvalue weighted by molar-refractivity contribution is 5.98. The molecule has 2 fully saturated rings. The van der Waals surface area contributed by atoms with E-state index >= 15 is 4.39 Å². The number of aromatic nitrogens is 1. The highest BCUT2D eigenvalue weighted by atomic mass is 19.1. The lowest BCUT2D eigenvalue weighted by Crippen LogP contribution is -2.39. The van der Waals surface area contributed by atoms with Crippen molar-refractivity contribution < 1.29 is 18.7 Å². The summed E-state index contributed by atoms with van der Waals surface area (Å²) < 4.78 is 28.3. The first-order chi connectivity index (χ1) is 14.0. The second-order valence-corrected chi connectivity index (χ2v) is 8.01. The van der Waals surface area contributed by atoms with Gasteiger partial charge in [-0.3, -0.25) is 4.79 Å². The number of nitrogens with two attached hydrogens (primary N) is 1. The molecule has 8 heteroatoms. The van der Waals surface area contributed by atoms with Crippen LogP contribution in [0.2, 0.25) is 0 Å². The number of carbonyl (C=O) groups excluding carboxylic acids is 1. The molecule has 0 spiro atoms. The van der Waals surface area contributed by atoms with Crippen LogP contribution in [0.3, 0.4) is 0 Å². The number of fused-ring (bicyclic) bond motifs is 5. The highest BCUT2D eigenvalue weighted by Gasteiger charge is 2.39. The zero-order chi connectivity index (χ0) is 20.3. The zero-order valence-corrected chi connectivity index (χ0v) is 16.3. The molecule has 2 aromatic rings. The molecule has 1 aromatic carbocycles. The largest absolute Gasteiger partial charge is 0.489 e. The Morgan fingerprint density at radius 1 is 1.34 bits per heavy atom. The van der Waals surface area contributed by atoms with Crippen molar-refractivity contribution in [3.63, 3.8) is 0 Å². The Hall–Kier alpha value is -2.61. The van der Waals surface area contributed by atoms with Crippen LogP contribution in [0.5, 0.6) is 5.75 Å². The number of carbonyl (C=O) groups is 1. The zero-order valence-electron chi connectivity index (χ0n) is 16.3. The maximum absolute atomic E-state index is 15.3. The molecule has 0 bridgehead atoms. The van der Waals surface area contributed by atoms with Crippen LogP contribution in [-0.4, -0.2) is 42.4 Å². The van der Waals surface area contributed by atoms with E-state index < -0.39 is 17.2 Å². The number of pyridine rings is 1. The van der Waals surface area contributed by atoms with Gasteiger partial charge in [-0.15, -0.1) is 0 Å². The molecule has 3 aliphatic rings. The number of hydrogen-bond donors (Lipinski definition) is 1. The molecular formula is C21H24FN3O4. The molecule has 1 aromatic heterocycles. The number of esters is 1. The van der Waals surface area contributed by atoms with Crippen molar-refractivity contribution in [2.24, 2.45) is 5.73 Å². The van der Waals surface area contributed by atoms with Gasteiger partial charge in [0.15, 0.2) is 11.6 Å². The van der Waals surface area contributed by atoms with Gasteiger partial charge in [-0.2, -0.15) is 0 Å². The molecule has 2 N–H and O–H groups in total. The first-order valence-electron chi connectivity index (χ1n) is 10.2. The van der Waals surface area contributed by atoms with Gasteiger partial charge in [0.25, 0.3) is 0 Å². The minimum atomic E-state index is -0.685. The maximum Gasteiger partial charge on any atom is 0.343 e. The summed E-state index contributed by atoms with van der Waals surface area (Å²) >= 11 is 0. The van der Waals surface area contributed by atoms with Gasteiger partial charge in [-0.25, -0.2) is 9.18 Å². The smallest absolute Gasteiger partial charge is 0.343 e. The summed E-state index contributed by atoms with van der Waals surface area (Å²) in [5.74, 6) is -0.819. The molecule has 2 atom stereocenters. The van der Waals surface area contributed by atoms with Gasteiger partial charge in [0, 0.05) is 37.3 Å². The summed E-state index contributed by atoms with van der Waals surface area (Å²) in [5.41, 5.74) is 6.59. The van der Waals surface area contributed by atoms with E-state index in [1.165, 1.54) is 6.07 Å². The average molecular weight is 401 g/mol. The summed E-state index contributed by atoms with van der Waals surface area (Å²) in [6.45, 7) is 2.90. The van der Waals surface area contributed by atoms with Crippen LogP contribution >= 0.6 is 0 Å². The molecule has 0 radical (unpaired) electrons. The average Bonchev–Trinajstić information content (AvgIpc) is 3.49. The van der Waals surface area contributed by atoms with Crippen molar-refractivity contribution in [3.8, 4) is 5.75 Å². The van der Waals surface area contributed by atoms with Crippen molar-refractivity contribution >= 4 is 22.6 Å². The number of ether oxygens (including phenoxy) is 2. The van der Waals surface area contributed by atoms with Crippen molar-refractivity contribution in [2.45, 2.75) is 50.7 Å². The summed E-state index contributed by atoms with van der Waals surface area (Å²) in [6.07, 6.45) is 4.91. The lowest BCUT2D eigenvalue weighted by atomic mass is 10.1. The van der Waals surface area contributed by atoms with Crippen LogP contribution in [0.15, 0.2) is 17.1 Å². The van der Waals surface area contributed by atoms with E-state index in [1.54, 1.807) is 13.1 Å². The predicted molar refractivity (Wildman–Crippen MR) is 106 cm³/mol. The van der Waals surface area contributed by atoms with Crippen LogP contribution in [-0.2, 0) is 4.74 Å². The minimum Gasteiger partial charge on any atom is -0.489 e. The van der Waals surface area contributed by atoms with Gasteiger partial charge in [0.2, 0.25) is 5.43 Å². The van der Waals surface area contributed by atoms with E-state index in [0.717, 1.165) is 19.3 Å². The van der Waals surface area contributed by atoms with E-state index in [9.17, 15) is 9.59 Å². The molecule has 7 nitrogen and oxygen atoms in total. The third-order valence-corrected chi connectivity index (χ3v) is 6.18. The number of halogens is 1. The number of rotatable bonds is 3. The molecule has 2 aliphatic heterocycles. The fourth-order valence-corrected chi connectivity index (χ4v) is 4.65. The van der Waals surface area contributed by atoms with Crippen LogP contribution in [0.1, 0.15) is 49.0 Å². The molecule has 3 heterocycles. The van der Waals surface area contributed by atoms with E-state index in [2.05, 4.69) is 0 Å². The third kappa shape index (κ3) is 2.80. The normalized spacial score (nSPS) is 23.3. The number of nitrogens with zero attached hydrogens (tertiary/aromatic N) is 2. The van der Waals surface area contributed by atoms with Gasteiger partial charge in [0.05, 0.1) is 24.1 Å². The molecule has 0 amide bonds. The summed E-state index contributed by atoms with van der Waals surface area (Å²) in [6, 6.07) is 1.39. The lowest BCUT2D eigenvalue weighted by molar-refractivity contribution is 0.0524. The quantitative estimate of drug-likeness (QED) is 0.795. The maximum atomic E-state index is 15.3. The summed E-state index contributed by atoms with van der Waals surface area (Å²) in [5, 5.41) is 0.153. The Morgan fingerprint density at radius 2 is 2.14 bits per heavy atom. The van der Waals surface area contributed by atoms with Gasteiger partial charge in [-0.05, 0) is 32.3 Å². The number of hydrogen-bond acceptors (Lipinski definition) is 6. The van der Waals surface area contributed by atoms with Crippen molar-refractivity contribution in [1.29, 1.82) is 0 Å². The van der Waals surface area contributed by atoms with Crippen LogP contribution in [0.4, 0.5) is 10.1 Å². The number of benzene rings is 1.